The molecule has 0 bridgehead atoms. The molecular weight excluding hydrogens is 408 g/mol. The maximum Gasteiger partial charge on any atom is 0.417 e. The summed E-state index contributed by atoms with van der Waals surface area (Å²) in [5, 5.41) is 3.09. The number of anilines is 2. The first-order chi connectivity index (χ1) is 14.9. The fourth-order valence-corrected chi connectivity index (χ4v) is 3.85. The van der Waals surface area contributed by atoms with E-state index in [1.807, 2.05) is 19.2 Å². The molecule has 1 unspecified atom stereocenters. The minimum atomic E-state index is -2.77. The summed E-state index contributed by atoms with van der Waals surface area (Å²) in [6.07, 6.45) is 1.65. The van der Waals surface area contributed by atoms with Crippen LogP contribution in [0.15, 0.2) is 24.7 Å². The molecule has 9 nitrogen and oxygen atoms in total. The second kappa shape index (κ2) is 9.04. The lowest BCUT2D eigenvalue weighted by molar-refractivity contribution is 0.104. The maximum atomic E-state index is 13.2. The molecule has 4 rings (SSSR count). The molecule has 0 radical (unpaired) electrons. The number of likely N-dealkylation sites (tertiary alicyclic amines) is 1. The number of cyclic esters (lactones) is 1. The molecule has 2 saturated heterocycles. The summed E-state index contributed by atoms with van der Waals surface area (Å²) in [7, 11) is 2.14. The molecule has 0 spiro atoms. The first-order valence-corrected chi connectivity index (χ1v) is 10.3. The molecule has 0 aromatic carbocycles. The second-order valence-electron chi connectivity index (χ2n) is 7.92. The van der Waals surface area contributed by atoms with Crippen LogP contribution in [-0.4, -0.2) is 70.1 Å². The average molecular weight is 433 g/mol. The molecule has 2 atom stereocenters. The SMILES string of the molecule is C[C@H](Nc1ncnc(N2C(=O)OCC2C(F)F)n1)c1ccc(C2CCN(C)CC2)cn1. The predicted octanol–water partition coefficient (Wildman–Crippen LogP) is 2.84. The van der Waals surface area contributed by atoms with Crippen LogP contribution in [0.3, 0.4) is 0 Å². The van der Waals surface area contributed by atoms with E-state index in [0.717, 1.165) is 36.5 Å². The number of amides is 1. The van der Waals surface area contributed by atoms with Crippen molar-refractivity contribution in [3.8, 4) is 0 Å². The molecule has 11 heteroatoms. The molecule has 1 amide bonds. The minimum absolute atomic E-state index is 0.159. The van der Waals surface area contributed by atoms with Crippen LogP contribution in [0.2, 0.25) is 0 Å². The van der Waals surface area contributed by atoms with Gasteiger partial charge in [-0.2, -0.15) is 4.98 Å². The highest BCUT2D eigenvalue weighted by Gasteiger charge is 2.42. The number of carbonyl (C=O) groups is 1. The van der Waals surface area contributed by atoms with Crippen LogP contribution >= 0.6 is 0 Å². The fourth-order valence-electron chi connectivity index (χ4n) is 3.85. The van der Waals surface area contributed by atoms with Crippen molar-refractivity contribution in [1.29, 1.82) is 0 Å². The van der Waals surface area contributed by atoms with Gasteiger partial charge in [-0.25, -0.2) is 28.4 Å². The molecule has 2 aromatic heterocycles. The third-order valence-corrected chi connectivity index (χ3v) is 5.76. The number of aromatic nitrogens is 4. The third kappa shape index (κ3) is 4.71. The largest absolute Gasteiger partial charge is 0.447 e. The Labute approximate surface area is 178 Å². The molecule has 2 aliphatic rings. The molecule has 0 saturated carbocycles. The van der Waals surface area contributed by atoms with Gasteiger partial charge in [0, 0.05) is 6.20 Å². The lowest BCUT2D eigenvalue weighted by Gasteiger charge is -2.29. The summed E-state index contributed by atoms with van der Waals surface area (Å²) in [5.74, 6) is 0.504. The van der Waals surface area contributed by atoms with E-state index >= 15 is 0 Å². The molecule has 0 aliphatic carbocycles. The minimum Gasteiger partial charge on any atom is -0.447 e. The average Bonchev–Trinajstić information content (AvgIpc) is 3.16. The molecule has 31 heavy (non-hydrogen) atoms. The molecule has 1 N–H and O–H groups in total. The Hall–Kier alpha value is -2.95. The highest BCUT2D eigenvalue weighted by molar-refractivity contribution is 5.88. The van der Waals surface area contributed by atoms with Gasteiger partial charge in [0.05, 0.1) is 11.7 Å². The number of carbonyl (C=O) groups excluding carboxylic acids is 1. The fraction of sp³-hybridized carbons (Fsp3) is 0.550. The first kappa shape index (κ1) is 21.3. The summed E-state index contributed by atoms with van der Waals surface area (Å²) < 4.78 is 31.1. The summed E-state index contributed by atoms with van der Waals surface area (Å²) in [4.78, 5) is 31.6. The molecule has 2 aliphatic heterocycles. The summed E-state index contributed by atoms with van der Waals surface area (Å²) in [5.41, 5.74) is 2.03. The van der Waals surface area contributed by atoms with Crippen molar-refractivity contribution in [3.63, 3.8) is 0 Å². The zero-order chi connectivity index (χ0) is 22.0. The van der Waals surface area contributed by atoms with Crippen LogP contribution in [0, 0.1) is 0 Å². The number of ether oxygens (including phenoxy) is 1. The Bertz CT molecular complexity index is 907. The van der Waals surface area contributed by atoms with Gasteiger partial charge >= 0.3 is 6.09 Å². The van der Waals surface area contributed by atoms with Crippen molar-refractivity contribution < 1.29 is 18.3 Å². The Morgan fingerprint density at radius 2 is 1.97 bits per heavy atom. The van der Waals surface area contributed by atoms with Gasteiger partial charge in [0.2, 0.25) is 11.9 Å². The van der Waals surface area contributed by atoms with E-state index in [-0.39, 0.29) is 17.9 Å². The Morgan fingerprint density at radius 1 is 1.19 bits per heavy atom. The molecule has 2 aromatic rings. The predicted molar refractivity (Wildman–Crippen MR) is 109 cm³/mol. The van der Waals surface area contributed by atoms with Crippen molar-refractivity contribution in [2.75, 3.05) is 37.0 Å². The van der Waals surface area contributed by atoms with Gasteiger partial charge in [0.1, 0.15) is 19.0 Å². The number of nitrogens with zero attached hydrogens (tertiary/aromatic N) is 6. The quantitative estimate of drug-likeness (QED) is 0.743. The first-order valence-electron chi connectivity index (χ1n) is 10.3. The Morgan fingerprint density at radius 3 is 2.65 bits per heavy atom. The second-order valence-corrected chi connectivity index (χ2v) is 7.92. The normalized spacial score (nSPS) is 21.4. The number of piperidine rings is 1. The Kier molecular flexibility index (Phi) is 6.21. The van der Waals surface area contributed by atoms with E-state index in [9.17, 15) is 13.6 Å². The van der Waals surface area contributed by atoms with Crippen LogP contribution < -0.4 is 10.2 Å². The standard InChI is InChI=1S/C20H25F2N7O2/c1-12(15-4-3-14(9-23-15)13-5-7-28(2)8-6-13)26-18-24-11-25-19(27-18)29-16(17(21)22)10-31-20(29)30/h3-4,9,11-13,16-17H,5-8,10H2,1-2H3,(H,24,25,26,27)/t12-,16?/m0/s1. The van der Waals surface area contributed by atoms with Crippen molar-refractivity contribution in [1.82, 2.24) is 24.8 Å². The number of nitrogens with one attached hydrogen (secondary N) is 1. The van der Waals surface area contributed by atoms with Gasteiger partial charge in [0.15, 0.2) is 0 Å². The highest BCUT2D eigenvalue weighted by Crippen LogP contribution is 2.28. The van der Waals surface area contributed by atoms with Gasteiger partial charge in [-0.3, -0.25) is 4.98 Å². The van der Waals surface area contributed by atoms with E-state index in [4.69, 9.17) is 4.74 Å². The zero-order valence-corrected chi connectivity index (χ0v) is 17.4. The number of hydrogen-bond acceptors (Lipinski definition) is 8. The zero-order valence-electron chi connectivity index (χ0n) is 17.4. The number of alkyl halides is 2. The van der Waals surface area contributed by atoms with Crippen LogP contribution in [0.5, 0.6) is 0 Å². The number of halogens is 2. The van der Waals surface area contributed by atoms with Crippen molar-refractivity contribution in [2.45, 2.75) is 44.2 Å². The van der Waals surface area contributed by atoms with Crippen molar-refractivity contribution in [3.05, 3.63) is 35.9 Å². The Balaban J connectivity index is 1.43. The van der Waals surface area contributed by atoms with Gasteiger partial charge in [0.25, 0.3) is 6.43 Å². The molecular formula is C20H25F2N7O2. The lowest BCUT2D eigenvalue weighted by atomic mass is 9.90. The van der Waals surface area contributed by atoms with Gasteiger partial charge < -0.3 is 15.0 Å². The van der Waals surface area contributed by atoms with E-state index in [0.29, 0.717) is 5.92 Å². The van der Waals surface area contributed by atoms with Crippen molar-refractivity contribution in [2.24, 2.45) is 0 Å². The van der Waals surface area contributed by atoms with E-state index in [2.05, 4.69) is 43.3 Å². The third-order valence-electron chi connectivity index (χ3n) is 5.76. The number of rotatable bonds is 6. The van der Waals surface area contributed by atoms with E-state index in [1.54, 1.807) is 0 Å². The van der Waals surface area contributed by atoms with Crippen LogP contribution in [-0.2, 0) is 4.74 Å². The molecule has 166 valence electrons. The van der Waals surface area contributed by atoms with E-state index in [1.165, 1.54) is 11.9 Å². The maximum absolute atomic E-state index is 13.2. The molecule has 4 heterocycles. The van der Waals surface area contributed by atoms with Crippen molar-refractivity contribution >= 4 is 18.0 Å². The lowest BCUT2D eigenvalue weighted by Crippen LogP contribution is -2.39. The highest BCUT2D eigenvalue weighted by atomic mass is 19.3. The monoisotopic (exact) mass is 433 g/mol. The summed E-state index contributed by atoms with van der Waals surface area (Å²) in [6.45, 7) is 3.66. The number of hydrogen-bond donors (Lipinski definition) is 1. The topological polar surface area (TPSA) is 96.4 Å². The summed E-state index contributed by atoms with van der Waals surface area (Å²) in [6, 6.07) is 2.41. The van der Waals surface area contributed by atoms with Crippen LogP contribution in [0.25, 0.3) is 0 Å². The molecule has 2 fully saturated rings. The summed E-state index contributed by atoms with van der Waals surface area (Å²) >= 11 is 0. The smallest absolute Gasteiger partial charge is 0.417 e. The number of pyridine rings is 1. The van der Waals surface area contributed by atoms with Gasteiger partial charge in [-0.1, -0.05) is 6.07 Å². The van der Waals surface area contributed by atoms with Gasteiger partial charge in [-0.15, -0.1) is 0 Å². The van der Waals surface area contributed by atoms with Crippen LogP contribution in [0.4, 0.5) is 25.5 Å². The van der Waals surface area contributed by atoms with Crippen LogP contribution in [0.1, 0.15) is 43.0 Å². The van der Waals surface area contributed by atoms with E-state index < -0.39 is 25.2 Å². The van der Waals surface area contributed by atoms with Gasteiger partial charge in [-0.05, 0) is 57.5 Å².